The molecule has 0 heterocycles. The molecule has 0 amide bonds. The van der Waals surface area contributed by atoms with Gasteiger partial charge in [0.1, 0.15) is 0 Å². The maximum absolute atomic E-state index is 2.99. The molecule has 0 radical (unpaired) electrons. The van der Waals surface area contributed by atoms with Crippen molar-refractivity contribution in [2.75, 3.05) is 0 Å². The van der Waals surface area contributed by atoms with Crippen LogP contribution in [0.2, 0.25) is 0 Å². The summed E-state index contributed by atoms with van der Waals surface area (Å²) in [5.74, 6) is 0. The van der Waals surface area contributed by atoms with Crippen LogP contribution in [0, 0.1) is 6.08 Å². The van der Waals surface area contributed by atoms with Gasteiger partial charge in [0.05, 0.1) is 0 Å². The zero-order chi connectivity index (χ0) is 42.7. The summed E-state index contributed by atoms with van der Waals surface area (Å²) in [6.45, 7) is 18.4. The Kier molecular flexibility index (Phi) is 19.3. The molecule has 7 aromatic carbocycles. The molecule has 0 unspecified atom stereocenters. The van der Waals surface area contributed by atoms with Crippen molar-refractivity contribution >= 4 is 49.6 Å². The minimum Gasteiger partial charge on any atom is -0.273 e. The van der Waals surface area contributed by atoms with Crippen molar-refractivity contribution in [1.82, 2.24) is 0 Å². The number of hydrogen-bond acceptors (Lipinski definition) is 0. The predicted molar refractivity (Wildman–Crippen MR) is 275 cm³/mol. The molecular weight excluding hydrogens is 871 g/mol. The Hall–Kier alpha value is -4.00. The van der Waals surface area contributed by atoms with Gasteiger partial charge in [0.15, 0.2) is 0 Å². The van der Waals surface area contributed by atoms with E-state index in [0.717, 1.165) is 6.42 Å². The normalized spacial score (nSPS) is 11.9. The first kappa shape index (κ1) is 50.6. The van der Waals surface area contributed by atoms with Crippen LogP contribution in [0.5, 0.6) is 0 Å². The summed E-state index contributed by atoms with van der Waals surface area (Å²) in [5.41, 5.74) is 13.8. The van der Waals surface area contributed by atoms with Crippen molar-refractivity contribution in [3.8, 4) is 22.3 Å². The maximum Gasteiger partial charge on any atom is -0.109 e. The van der Waals surface area contributed by atoms with Crippen LogP contribution < -0.4 is 0 Å². The summed E-state index contributed by atoms with van der Waals surface area (Å²) in [6.07, 6.45) is 17.5. The average molecular weight is 937 g/mol. The number of unbranched alkanes of at least 4 members (excludes halogenated alkanes) is 2. The van der Waals surface area contributed by atoms with Crippen LogP contribution >= 0.6 is 24.8 Å². The molecule has 1 aliphatic carbocycles. The van der Waals surface area contributed by atoms with Gasteiger partial charge in [0.2, 0.25) is 0 Å². The fourth-order valence-corrected chi connectivity index (χ4v) is 8.82. The van der Waals surface area contributed by atoms with E-state index in [2.05, 4.69) is 207 Å². The molecule has 7 aromatic rings. The minimum atomic E-state index is 0. The van der Waals surface area contributed by atoms with Crippen LogP contribution in [-0.4, -0.2) is 3.21 Å². The minimum absolute atomic E-state index is 0. The second-order valence-corrected chi connectivity index (χ2v) is 19.6. The standard InChI is InChI=1S/C33H33.C21H26.C5H5.2ClH.Zr/c1-32(2,3)30-20-26-24(18-28(30)22-13-9-7-10-14-22)17-25-19-29(23-15-11-8-12-16-23)31(21-27(25)26)33(4,5)6;1-3-5-7-18-9-13-20(14-10-18)17-21-15-11-19(12-16-21)8-6-4-2;1-2-4-5-3-1;;;/h7-21H,1-6H3;9-16H,3-8H2,1-2H3;1-3H,4H2;2*1H;/q-1;;-1;;;+2. The Morgan fingerprint density at radius 3 is 1.27 bits per heavy atom. The van der Waals surface area contributed by atoms with E-state index < -0.39 is 0 Å². The van der Waals surface area contributed by atoms with Crippen molar-refractivity contribution in [2.45, 2.75) is 111 Å². The number of rotatable bonds is 10. The molecule has 0 bridgehead atoms. The molecule has 62 heavy (non-hydrogen) atoms. The molecule has 3 heteroatoms. The van der Waals surface area contributed by atoms with Crippen LogP contribution in [-0.2, 0) is 47.9 Å². The number of benzene rings is 6. The molecule has 0 saturated heterocycles. The summed E-state index contributed by atoms with van der Waals surface area (Å²) in [7, 11) is 0. The maximum atomic E-state index is 2.99. The first-order chi connectivity index (χ1) is 28.9. The van der Waals surface area contributed by atoms with Gasteiger partial charge in [-0.1, -0.05) is 114 Å². The fourth-order valence-electron chi connectivity index (χ4n) is 8.00. The SMILES string of the molecule is CC(C)(C)c1cc2c(cc1-c1ccccc1)[cH-]c1cc(-c3ccccc3)c(C(C)(C)C)cc12.CCCCc1ccc([C](=[Zr+2])c2ccc(CCCC)cc2)cc1.Cl.Cl.[C-]1=CC=CC1. The van der Waals surface area contributed by atoms with E-state index in [1.54, 1.807) is 0 Å². The summed E-state index contributed by atoms with van der Waals surface area (Å²) < 4.78 is 1.45. The quantitative estimate of drug-likeness (QED) is 0.120. The van der Waals surface area contributed by atoms with E-state index in [1.165, 1.54) is 143 Å². The van der Waals surface area contributed by atoms with Gasteiger partial charge in [-0.25, -0.2) is 12.2 Å². The van der Waals surface area contributed by atoms with Gasteiger partial charge < -0.3 is 0 Å². The van der Waals surface area contributed by atoms with Gasteiger partial charge >= 0.3 is 151 Å². The molecule has 1 aliphatic rings. The Morgan fingerprint density at radius 1 is 0.565 bits per heavy atom. The topological polar surface area (TPSA) is 0 Å². The Labute approximate surface area is 401 Å². The molecule has 0 aliphatic heterocycles. The van der Waals surface area contributed by atoms with E-state index >= 15 is 0 Å². The van der Waals surface area contributed by atoms with Crippen LogP contribution in [0.25, 0.3) is 43.8 Å². The van der Waals surface area contributed by atoms with E-state index in [4.69, 9.17) is 0 Å². The first-order valence-corrected chi connectivity index (χ1v) is 23.4. The second-order valence-electron chi connectivity index (χ2n) is 18.3. The first-order valence-electron chi connectivity index (χ1n) is 22.2. The Bertz CT molecular complexity index is 2350. The number of fused-ring (bicyclic) bond motifs is 3. The van der Waals surface area contributed by atoms with E-state index in [0.29, 0.717) is 0 Å². The summed E-state index contributed by atoms with van der Waals surface area (Å²) in [4.78, 5) is 0. The smallest absolute Gasteiger partial charge is 0.109 e. The third kappa shape index (κ3) is 13.3. The average Bonchev–Trinajstić information content (AvgIpc) is 3.97. The fraction of sp³-hybridized carbons (Fsp3) is 0.288. The second kappa shape index (κ2) is 23.6. The predicted octanol–water partition coefficient (Wildman–Crippen LogP) is 17.3. The molecule has 0 N–H and O–H groups in total. The van der Waals surface area contributed by atoms with Crippen LogP contribution in [0.15, 0.2) is 158 Å². The number of allylic oxidation sites excluding steroid dienone is 4. The number of aryl methyl sites for hydroxylation is 2. The zero-order valence-corrected chi connectivity index (χ0v) is 42.4. The van der Waals surface area contributed by atoms with E-state index in [-0.39, 0.29) is 35.6 Å². The summed E-state index contributed by atoms with van der Waals surface area (Å²) >= 11 is 1.48. The molecule has 320 valence electrons. The molecule has 0 fully saturated rings. The van der Waals surface area contributed by atoms with Gasteiger partial charge in [-0.2, -0.15) is 6.08 Å². The van der Waals surface area contributed by atoms with Gasteiger partial charge in [-0.05, 0) is 44.2 Å². The van der Waals surface area contributed by atoms with Crippen molar-refractivity contribution in [3.63, 3.8) is 0 Å². The van der Waals surface area contributed by atoms with Crippen LogP contribution in [0.3, 0.4) is 0 Å². The van der Waals surface area contributed by atoms with Crippen molar-refractivity contribution < 1.29 is 24.2 Å². The van der Waals surface area contributed by atoms with Gasteiger partial charge in [0.25, 0.3) is 0 Å². The third-order valence-corrected chi connectivity index (χ3v) is 12.9. The number of hydrogen-bond donors (Lipinski definition) is 0. The molecule has 8 rings (SSSR count). The van der Waals surface area contributed by atoms with Crippen LogP contribution in [0.4, 0.5) is 0 Å². The van der Waals surface area contributed by atoms with Crippen molar-refractivity contribution in [3.05, 3.63) is 197 Å². The third-order valence-electron chi connectivity index (χ3n) is 11.5. The zero-order valence-electron chi connectivity index (χ0n) is 38.3. The molecular formula is C59H66Cl2Zr. The van der Waals surface area contributed by atoms with Gasteiger partial charge in [-0.3, -0.25) is 6.08 Å². The molecule has 0 saturated carbocycles. The van der Waals surface area contributed by atoms with E-state index in [1.807, 2.05) is 12.2 Å². The number of halogens is 2. The van der Waals surface area contributed by atoms with Crippen molar-refractivity contribution in [1.29, 1.82) is 0 Å². The van der Waals surface area contributed by atoms with Gasteiger partial charge in [0, 0.05) is 0 Å². The van der Waals surface area contributed by atoms with E-state index in [9.17, 15) is 0 Å². The summed E-state index contributed by atoms with van der Waals surface area (Å²) in [6, 6.07) is 52.1. The molecule has 0 atom stereocenters. The summed E-state index contributed by atoms with van der Waals surface area (Å²) in [5, 5.41) is 5.36. The Morgan fingerprint density at radius 2 is 0.968 bits per heavy atom. The molecule has 0 spiro atoms. The van der Waals surface area contributed by atoms with Crippen LogP contribution in [0.1, 0.15) is 121 Å². The molecule has 0 nitrogen and oxygen atoms in total. The molecule has 0 aromatic heterocycles. The van der Waals surface area contributed by atoms with Crippen molar-refractivity contribution in [2.24, 2.45) is 0 Å². The Balaban J connectivity index is 0.000000252. The largest absolute Gasteiger partial charge is 0.273 e. The van der Waals surface area contributed by atoms with Gasteiger partial charge in [-0.15, -0.1) is 71.0 Å². The monoisotopic (exact) mass is 934 g/mol.